The lowest BCUT2D eigenvalue weighted by molar-refractivity contribution is 0.208. The van der Waals surface area contributed by atoms with Gasteiger partial charge in [0, 0.05) is 6.04 Å². The maximum absolute atomic E-state index is 5.99. The maximum Gasteiger partial charge on any atom is 0.120 e. The van der Waals surface area contributed by atoms with E-state index in [4.69, 9.17) is 10.5 Å². The summed E-state index contributed by atoms with van der Waals surface area (Å²) in [4.78, 5) is 0. The smallest absolute Gasteiger partial charge is 0.120 e. The predicted molar refractivity (Wildman–Crippen MR) is 64.7 cm³/mol. The summed E-state index contributed by atoms with van der Waals surface area (Å²) in [6, 6.07) is 6.92. The minimum atomic E-state index is 0.342. The van der Waals surface area contributed by atoms with Gasteiger partial charge in [0.05, 0.1) is 0 Å². The minimum absolute atomic E-state index is 0.342. The highest BCUT2D eigenvalue weighted by atomic mass is 16.5. The Bertz CT molecular complexity index is 388. The maximum atomic E-state index is 5.99. The predicted octanol–water partition coefficient (Wildman–Crippen LogP) is 2.43. The molecule has 2 unspecified atom stereocenters. The van der Waals surface area contributed by atoms with Crippen LogP contribution in [0.15, 0.2) is 18.2 Å². The van der Waals surface area contributed by atoms with Crippen LogP contribution in [0.5, 0.6) is 5.75 Å². The molecule has 0 heterocycles. The van der Waals surface area contributed by atoms with E-state index in [9.17, 15) is 0 Å². The van der Waals surface area contributed by atoms with Gasteiger partial charge in [0.2, 0.25) is 0 Å². The van der Waals surface area contributed by atoms with Crippen LogP contribution in [0.25, 0.3) is 0 Å². The SMILES string of the molecule is NC1CCC(Oc2ccc3c(c2)CCC3)C1. The molecule has 16 heavy (non-hydrogen) atoms. The van der Waals surface area contributed by atoms with Crippen molar-refractivity contribution in [3.05, 3.63) is 29.3 Å². The Hall–Kier alpha value is -1.02. The molecule has 3 rings (SSSR count). The van der Waals surface area contributed by atoms with E-state index in [-0.39, 0.29) is 0 Å². The lowest BCUT2D eigenvalue weighted by atomic mass is 10.1. The molecule has 0 spiro atoms. The molecule has 1 aromatic rings. The van der Waals surface area contributed by atoms with Crippen LogP contribution < -0.4 is 10.5 Å². The third-order valence-electron chi connectivity index (χ3n) is 3.80. The van der Waals surface area contributed by atoms with Gasteiger partial charge in [-0.3, -0.25) is 0 Å². The number of hydrogen-bond donors (Lipinski definition) is 1. The summed E-state index contributed by atoms with van der Waals surface area (Å²) in [5.74, 6) is 1.04. The van der Waals surface area contributed by atoms with Gasteiger partial charge in [-0.05, 0) is 61.8 Å². The first kappa shape index (κ1) is 10.2. The zero-order valence-electron chi connectivity index (χ0n) is 9.61. The summed E-state index contributed by atoms with van der Waals surface area (Å²) >= 11 is 0. The number of nitrogens with two attached hydrogens (primary N) is 1. The Kier molecular flexibility index (Phi) is 2.60. The number of benzene rings is 1. The van der Waals surface area contributed by atoms with Gasteiger partial charge in [-0.1, -0.05) is 6.07 Å². The van der Waals surface area contributed by atoms with Crippen molar-refractivity contribution in [2.45, 2.75) is 50.7 Å². The Morgan fingerprint density at radius 1 is 1.12 bits per heavy atom. The van der Waals surface area contributed by atoms with Crippen molar-refractivity contribution in [2.75, 3.05) is 0 Å². The monoisotopic (exact) mass is 217 g/mol. The zero-order chi connectivity index (χ0) is 11.0. The quantitative estimate of drug-likeness (QED) is 0.825. The second kappa shape index (κ2) is 4.10. The van der Waals surface area contributed by atoms with E-state index >= 15 is 0 Å². The first-order valence-corrected chi connectivity index (χ1v) is 6.35. The van der Waals surface area contributed by atoms with Crippen LogP contribution >= 0.6 is 0 Å². The zero-order valence-corrected chi connectivity index (χ0v) is 9.61. The number of ether oxygens (including phenoxy) is 1. The largest absolute Gasteiger partial charge is 0.490 e. The second-order valence-electron chi connectivity index (χ2n) is 5.10. The molecule has 2 N–H and O–H groups in total. The summed E-state index contributed by atoms with van der Waals surface area (Å²) in [5, 5.41) is 0. The lowest BCUT2D eigenvalue weighted by Crippen LogP contribution is -2.19. The van der Waals surface area contributed by atoms with Gasteiger partial charge in [0.15, 0.2) is 0 Å². The highest BCUT2D eigenvalue weighted by Gasteiger charge is 2.23. The highest BCUT2D eigenvalue weighted by Crippen LogP contribution is 2.29. The van der Waals surface area contributed by atoms with E-state index < -0.39 is 0 Å². The normalized spacial score (nSPS) is 28.1. The molecule has 0 amide bonds. The van der Waals surface area contributed by atoms with Gasteiger partial charge in [-0.15, -0.1) is 0 Å². The Morgan fingerprint density at radius 2 is 2.00 bits per heavy atom. The highest BCUT2D eigenvalue weighted by molar-refractivity contribution is 5.38. The van der Waals surface area contributed by atoms with Crippen LogP contribution in [0, 0.1) is 0 Å². The van der Waals surface area contributed by atoms with E-state index in [1.165, 1.54) is 30.4 Å². The average molecular weight is 217 g/mol. The Balaban J connectivity index is 1.71. The Morgan fingerprint density at radius 3 is 2.81 bits per heavy atom. The number of fused-ring (bicyclic) bond motifs is 1. The van der Waals surface area contributed by atoms with Gasteiger partial charge >= 0.3 is 0 Å². The summed E-state index contributed by atoms with van der Waals surface area (Å²) in [6.07, 6.45) is 7.33. The third kappa shape index (κ3) is 1.94. The van der Waals surface area contributed by atoms with Gasteiger partial charge in [0.25, 0.3) is 0 Å². The van der Waals surface area contributed by atoms with Crippen LogP contribution in [0.3, 0.4) is 0 Å². The van der Waals surface area contributed by atoms with E-state index in [0.29, 0.717) is 12.1 Å². The van der Waals surface area contributed by atoms with Gasteiger partial charge in [0.1, 0.15) is 11.9 Å². The first-order valence-electron chi connectivity index (χ1n) is 6.35. The van der Waals surface area contributed by atoms with E-state index in [1.54, 1.807) is 0 Å². The molecule has 2 nitrogen and oxygen atoms in total. The molecule has 0 radical (unpaired) electrons. The molecule has 2 aliphatic rings. The fourth-order valence-electron chi connectivity index (χ4n) is 2.89. The van der Waals surface area contributed by atoms with Gasteiger partial charge in [-0.2, -0.15) is 0 Å². The van der Waals surface area contributed by atoms with Gasteiger partial charge in [-0.25, -0.2) is 0 Å². The summed E-state index contributed by atoms with van der Waals surface area (Å²) < 4.78 is 5.99. The molecular weight excluding hydrogens is 198 g/mol. The fourth-order valence-corrected chi connectivity index (χ4v) is 2.89. The molecule has 1 fully saturated rings. The molecule has 86 valence electrons. The molecule has 2 aliphatic carbocycles. The van der Waals surface area contributed by atoms with E-state index in [2.05, 4.69) is 18.2 Å². The van der Waals surface area contributed by atoms with Crippen molar-refractivity contribution in [3.8, 4) is 5.75 Å². The van der Waals surface area contributed by atoms with Crippen molar-refractivity contribution in [2.24, 2.45) is 5.73 Å². The lowest BCUT2D eigenvalue weighted by Gasteiger charge is -2.14. The molecule has 0 saturated heterocycles. The standard InChI is InChI=1S/C14H19NO/c15-12-5-7-14(9-12)16-13-6-4-10-2-1-3-11(10)8-13/h4,6,8,12,14H,1-3,5,7,9,15H2. The van der Waals surface area contributed by atoms with Crippen LogP contribution in [-0.4, -0.2) is 12.1 Å². The molecular formula is C14H19NO. The van der Waals surface area contributed by atoms with Crippen LogP contribution in [0.2, 0.25) is 0 Å². The second-order valence-corrected chi connectivity index (χ2v) is 5.10. The van der Waals surface area contributed by atoms with Crippen molar-refractivity contribution in [1.29, 1.82) is 0 Å². The van der Waals surface area contributed by atoms with E-state index in [1.807, 2.05) is 0 Å². The molecule has 0 aromatic heterocycles. The van der Waals surface area contributed by atoms with Crippen molar-refractivity contribution in [1.82, 2.24) is 0 Å². The molecule has 2 heteroatoms. The summed E-state index contributed by atoms with van der Waals surface area (Å²) in [7, 11) is 0. The van der Waals surface area contributed by atoms with Crippen LogP contribution in [-0.2, 0) is 12.8 Å². The van der Waals surface area contributed by atoms with E-state index in [0.717, 1.165) is 25.0 Å². The van der Waals surface area contributed by atoms with Crippen LogP contribution in [0.4, 0.5) is 0 Å². The molecule has 0 aliphatic heterocycles. The molecule has 1 saturated carbocycles. The molecule has 1 aromatic carbocycles. The molecule has 0 bridgehead atoms. The average Bonchev–Trinajstić information content (AvgIpc) is 2.87. The minimum Gasteiger partial charge on any atom is -0.490 e. The summed E-state index contributed by atoms with van der Waals surface area (Å²) in [6.45, 7) is 0. The summed E-state index contributed by atoms with van der Waals surface area (Å²) in [5.41, 5.74) is 8.88. The Labute approximate surface area is 96.8 Å². The fraction of sp³-hybridized carbons (Fsp3) is 0.571. The number of hydrogen-bond acceptors (Lipinski definition) is 2. The van der Waals surface area contributed by atoms with Crippen molar-refractivity contribution >= 4 is 0 Å². The van der Waals surface area contributed by atoms with Crippen LogP contribution in [0.1, 0.15) is 36.8 Å². The first-order chi connectivity index (χ1) is 7.81. The number of aryl methyl sites for hydroxylation is 2. The van der Waals surface area contributed by atoms with Gasteiger partial charge < -0.3 is 10.5 Å². The number of rotatable bonds is 2. The third-order valence-corrected chi connectivity index (χ3v) is 3.80. The molecule has 2 atom stereocenters. The van der Waals surface area contributed by atoms with Crippen molar-refractivity contribution < 1.29 is 4.74 Å². The topological polar surface area (TPSA) is 35.2 Å². The van der Waals surface area contributed by atoms with Crippen molar-refractivity contribution in [3.63, 3.8) is 0 Å².